The minimum Gasteiger partial charge on any atom is -0.393 e. The van der Waals surface area contributed by atoms with Gasteiger partial charge in [0, 0.05) is 0 Å². The molecule has 0 saturated carbocycles. The maximum Gasteiger partial charge on any atom is 0.267 e. The van der Waals surface area contributed by atoms with Crippen molar-refractivity contribution in [3.8, 4) is 0 Å². The zero-order valence-electron chi connectivity index (χ0n) is 18.0. The van der Waals surface area contributed by atoms with Crippen molar-refractivity contribution < 1.29 is 18.1 Å². The van der Waals surface area contributed by atoms with Crippen LogP contribution in [-0.4, -0.2) is 29.4 Å². The van der Waals surface area contributed by atoms with E-state index in [0.29, 0.717) is 12.8 Å². The van der Waals surface area contributed by atoms with E-state index in [1.165, 1.54) is 51.4 Å². The summed E-state index contributed by atoms with van der Waals surface area (Å²) < 4.78 is 32.3. The lowest BCUT2D eigenvalue weighted by molar-refractivity contribution is 0.147. The molecule has 0 fully saturated rings. The van der Waals surface area contributed by atoms with Gasteiger partial charge in [-0.25, -0.2) is 0 Å². The fraction of sp³-hybridized carbons (Fsp3) is 1.00. The summed E-state index contributed by atoms with van der Waals surface area (Å²) in [6, 6.07) is 0. The first-order chi connectivity index (χ1) is 12.9. The summed E-state index contributed by atoms with van der Waals surface area (Å²) in [5.74, 6) is 0. The molecule has 0 bridgehead atoms. The SMILES string of the molecule is CCCCCCCCCCCC(O)CCCCC(CCCCC)S(=O)(=O)O. The Morgan fingerprint density at radius 3 is 1.41 bits per heavy atom. The molecule has 0 aliphatic rings. The number of unbranched alkanes of at least 4 members (excludes halogenated alkanes) is 11. The average Bonchev–Trinajstić information content (AvgIpc) is 2.61. The van der Waals surface area contributed by atoms with Gasteiger partial charge < -0.3 is 5.11 Å². The minimum atomic E-state index is -3.94. The Labute approximate surface area is 169 Å². The Balaban J connectivity index is 3.64. The van der Waals surface area contributed by atoms with Gasteiger partial charge in [-0.2, -0.15) is 8.42 Å². The van der Waals surface area contributed by atoms with Gasteiger partial charge in [-0.15, -0.1) is 0 Å². The normalized spacial score (nSPS) is 14.4. The second-order valence-corrected chi connectivity index (χ2v) is 9.88. The molecular weight excluding hydrogens is 360 g/mol. The standard InChI is InChI=1S/C22H46O4S/c1-3-5-7-8-9-10-11-12-14-17-21(23)18-15-16-20-22(27(24,25)26)19-13-6-4-2/h21-23H,3-20H2,1-2H3,(H,24,25,26). The van der Waals surface area contributed by atoms with E-state index in [1.54, 1.807) is 0 Å². The summed E-state index contributed by atoms with van der Waals surface area (Å²) in [4.78, 5) is 0. The molecule has 0 rings (SSSR count). The number of hydrogen-bond donors (Lipinski definition) is 2. The zero-order valence-corrected chi connectivity index (χ0v) is 18.8. The van der Waals surface area contributed by atoms with Crippen LogP contribution in [0.1, 0.15) is 129 Å². The molecule has 2 atom stereocenters. The van der Waals surface area contributed by atoms with Crippen molar-refractivity contribution in [3.63, 3.8) is 0 Å². The van der Waals surface area contributed by atoms with Gasteiger partial charge in [0.25, 0.3) is 10.1 Å². The van der Waals surface area contributed by atoms with Crippen LogP contribution in [0.3, 0.4) is 0 Å². The number of hydrogen-bond acceptors (Lipinski definition) is 3. The Morgan fingerprint density at radius 1 is 0.593 bits per heavy atom. The van der Waals surface area contributed by atoms with E-state index in [1.807, 2.05) is 0 Å². The fourth-order valence-electron chi connectivity index (χ4n) is 3.65. The monoisotopic (exact) mass is 406 g/mol. The largest absolute Gasteiger partial charge is 0.393 e. The lowest BCUT2D eigenvalue weighted by atomic mass is 10.0. The molecule has 0 aromatic heterocycles. The van der Waals surface area contributed by atoms with Crippen molar-refractivity contribution >= 4 is 10.1 Å². The summed E-state index contributed by atoms with van der Waals surface area (Å²) in [7, 11) is -3.94. The van der Waals surface area contributed by atoms with Crippen molar-refractivity contribution in [2.75, 3.05) is 0 Å². The highest BCUT2D eigenvalue weighted by Crippen LogP contribution is 2.19. The summed E-state index contributed by atoms with van der Waals surface area (Å²) in [6.45, 7) is 4.32. The minimum absolute atomic E-state index is 0.265. The summed E-state index contributed by atoms with van der Waals surface area (Å²) in [5, 5.41) is 9.45. The van der Waals surface area contributed by atoms with Crippen LogP contribution in [0.25, 0.3) is 0 Å². The predicted octanol–water partition coefficient (Wildman–Crippen LogP) is 6.67. The Morgan fingerprint density at radius 2 is 0.926 bits per heavy atom. The third-order valence-electron chi connectivity index (χ3n) is 5.51. The molecule has 2 unspecified atom stereocenters. The van der Waals surface area contributed by atoms with Crippen LogP contribution in [0.4, 0.5) is 0 Å². The van der Waals surface area contributed by atoms with Gasteiger partial charge in [0.1, 0.15) is 0 Å². The average molecular weight is 407 g/mol. The third kappa shape index (κ3) is 17.7. The van der Waals surface area contributed by atoms with Gasteiger partial charge in [0.05, 0.1) is 11.4 Å². The third-order valence-corrected chi connectivity index (χ3v) is 6.82. The molecule has 0 heterocycles. The van der Waals surface area contributed by atoms with Crippen LogP contribution in [-0.2, 0) is 10.1 Å². The van der Waals surface area contributed by atoms with Crippen molar-refractivity contribution in [2.45, 2.75) is 141 Å². The molecule has 164 valence electrons. The van der Waals surface area contributed by atoms with E-state index in [0.717, 1.165) is 51.4 Å². The Hall–Kier alpha value is -0.130. The Bertz CT molecular complexity index is 409. The van der Waals surface area contributed by atoms with Crippen molar-refractivity contribution in [3.05, 3.63) is 0 Å². The molecule has 0 amide bonds. The molecule has 27 heavy (non-hydrogen) atoms. The summed E-state index contributed by atoms with van der Waals surface area (Å²) in [6.07, 6.45) is 18.5. The molecule has 0 aromatic carbocycles. The first kappa shape index (κ1) is 26.9. The van der Waals surface area contributed by atoms with Gasteiger partial charge in [-0.1, -0.05) is 104 Å². The first-order valence-electron chi connectivity index (χ1n) is 11.6. The predicted molar refractivity (Wildman–Crippen MR) is 116 cm³/mol. The molecular formula is C22H46O4S. The van der Waals surface area contributed by atoms with Crippen LogP contribution in [0, 0.1) is 0 Å². The topological polar surface area (TPSA) is 74.6 Å². The van der Waals surface area contributed by atoms with Crippen molar-refractivity contribution in [1.82, 2.24) is 0 Å². The van der Waals surface area contributed by atoms with E-state index in [-0.39, 0.29) is 6.10 Å². The van der Waals surface area contributed by atoms with Gasteiger partial charge in [-0.05, 0) is 25.7 Å². The Kier molecular flexibility index (Phi) is 17.8. The lowest BCUT2D eigenvalue weighted by Crippen LogP contribution is -2.20. The van der Waals surface area contributed by atoms with Gasteiger partial charge in [0.15, 0.2) is 0 Å². The van der Waals surface area contributed by atoms with Crippen LogP contribution in [0.15, 0.2) is 0 Å². The van der Waals surface area contributed by atoms with Crippen LogP contribution in [0.2, 0.25) is 0 Å². The molecule has 0 aliphatic carbocycles. The smallest absolute Gasteiger partial charge is 0.267 e. The summed E-state index contributed by atoms with van der Waals surface area (Å²) in [5.41, 5.74) is 0. The maximum atomic E-state index is 11.5. The van der Waals surface area contributed by atoms with E-state index >= 15 is 0 Å². The van der Waals surface area contributed by atoms with Crippen molar-refractivity contribution in [1.29, 1.82) is 0 Å². The number of aliphatic hydroxyl groups excluding tert-OH is 1. The number of rotatable bonds is 20. The van der Waals surface area contributed by atoms with E-state index in [9.17, 15) is 18.1 Å². The second kappa shape index (κ2) is 17.9. The summed E-state index contributed by atoms with van der Waals surface area (Å²) >= 11 is 0. The van der Waals surface area contributed by atoms with E-state index in [2.05, 4.69) is 13.8 Å². The quantitative estimate of drug-likeness (QED) is 0.175. The first-order valence-corrected chi connectivity index (χ1v) is 13.1. The van der Waals surface area contributed by atoms with Crippen LogP contribution in [0.5, 0.6) is 0 Å². The van der Waals surface area contributed by atoms with E-state index < -0.39 is 15.4 Å². The molecule has 2 N–H and O–H groups in total. The highest BCUT2D eigenvalue weighted by molar-refractivity contribution is 7.86. The van der Waals surface area contributed by atoms with E-state index in [4.69, 9.17) is 0 Å². The molecule has 0 spiro atoms. The zero-order chi connectivity index (χ0) is 20.4. The molecule has 5 heteroatoms. The highest BCUT2D eigenvalue weighted by atomic mass is 32.2. The fourth-order valence-corrected chi connectivity index (χ4v) is 4.58. The van der Waals surface area contributed by atoms with Crippen LogP contribution >= 0.6 is 0 Å². The molecule has 0 aliphatic heterocycles. The molecule has 4 nitrogen and oxygen atoms in total. The second-order valence-electron chi connectivity index (χ2n) is 8.19. The van der Waals surface area contributed by atoms with Crippen LogP contribution < -0.4 is 0 Å². The van der Waals surface area contributed by atoms with Crippen molar-refractivity contribution in [2.24, 2.45) is 0 Å². The highest BCUT2D eigenvalue weighted by Gasteiger charge is 2.21. The number of aliphatic hydroxyl groups is 1. The van der Waals surface area contributed by atoms with Gasteiger partial charge in [-0.3, -0.25) is 4.55 Å². The van der Waals surface area contributed by atoms with Gasteiger partial charge >= 0.3 is 0 Å². The molecule has 0 aromatic rings. The lowest BCUT2D eigenvalue weighted by Gasteiger charge is -2.14. The maximum absolute atomic E-state index is 11.5. The van der Waals surface area contributed by atoms with Gasteiger partial charge in [0.2, 0.25) is 0 Å². The molecule has 0 saturated heterocycles. The molecule has 0 radical (unpaired) electrons.